The van der Waals surface area contributed by atoms with Crippen molar-refractivity contribution in [3.8, 4) is 11.5 Å². The molecule has 0 saturated heterocycles. The van der Waals surface area contributed by atoms with Crippen molar-refractivity contribution in [3.05, 3.63) is 57.9 Å². The normalized spacial score (nSPS) is 14.8. The number of fused-ring (bicyclic) bond motifs is 1. The van der Waals surface area contributed by atoms with E-state index < -0.39 is 22.5 Å². The van der Waals surface area contributed by atoms with Crippen molar-refractivity contribution in [1.29, 1.82) is 0 Å². The van der Waals surface area contributed by atoms with Gasteiger partial charge in [0.15, 0.2) is 11.5 Å². The summed E-state index contributed by atoms with van der Waals surface area (Å²) in [5.41, 5.74) is 0.415. The molecule has 3 rings (SSSR count). The van der Waals surface area contributed by atoms with Gasteiger partial charge in [-0.2, -0.15) is 4.39 Å². The van der Waals surface area contributed by atoms with Gasteiger partial charge in [-0.1, -0.05) is 19.9 Å². The molecule has 1 aliphatic rings. The molecule has 2 aromatic carbocycles. The van der Waals surface area contributed by atoms with Crippen molar-refractivity contribution in [2.24, 2.45) is 5.92 Å². The highest BCUT2D eigenvalue weighted by molar-refractivity contribution is 5.94. The predicted molar refractivity (Wildman–Crippen MR) is 109 cm³/mol. The molecule has 2 N–H and O–H groups in total. The van der Waals surface area contributed by atoms with Crippen LogP contribution in [0.5, 0.6) is 11.5 Å². The van der Waals surface area contributed by atoms with Crippen LogP contribution in [0, 0.1) is 21.8 Å². The summed E-state index contributed by atoms with van der Waals surface area (Å²) in [5, 5.41) is 16.8. The molecule has 0 aliphatic carbocycles. The smallest absolute Gasteiger partial charge is 0.306 e. The van der Waals surface area contributed by atoms with Gasteiger partial charge in [-0.25, -0.2) is 0 Å². The summed E-state index contributed by atoms with van der Waals surface area (Å²) in [5.74, 6) is 0.176. The standard InChI is InChI=1S/C21H24FN3O5/c1-12(2)20(14-4-7-18-19(10-14)30-9-8-29-18)23-13(3)21(26)24-15-5-6-16(22)17(11-15)25(27)28/h4-7,10-13,20,23H,8-9H2,1-3H3,(H,24,26)/t13-,20-/m0/s1. The van der Waals surface area contributed by atoms with Crippen LogP contribution in [0.3, 0.4) is 0 Å². The highest BCUT2D eigenvalue weighted by Crippen LogP contribution is 2.34. The molecule has 0 aromatic heterocycles. The third-order valence-electron chi connectivity index (χ3n) is 4.83. The number of carbonyl (C=O) groups excluding carboxylic acids is 1. The number of nitro benzene ring substituents is 1. The lowest BCUT2D eigenvalue weighted by Crippen LogP contribution is -2.41. The fourth-order valence-corrected chi connectivity index (χ4v) is 3.25. The minimum Gasteiger partial charge on any atom is -0.486 e. The minimum absolute atomic E-state index is 0.149. The second-order valence-electron chi connectivity index (χ2n) is 7.43. The lowest BCUT2D eigenvalue weighted by Gasteiger charge is -2.28. The molecule has 1 amide bonds. The molecule has 30 heavy (non-hydrogen) atoms. The SMILES string of the molecule is CC(C)[C@H](N[C@@H](C)C(=O)Nc1ccc(F)c([N+](=O)[O-])c1)c1ccc2c(c1)OCCO2. The number of amides is 1. The van der Waals surface area contributed by atoms with Gasteiger partial charge in [-0.3, -0.25) is 20.2 Å². The number of nitrogens with one attached hydrogen (secondary N) is 2. The van der Waals surface area contributed by atoms with E-state index >= 15 is 0 Å². The molecule has 0 fully saturated rings. The van der Waals surface area contributed by atoms with E-state index in [1.807, 2.05) is 32.0 Å². The summed E-state index contributed by atoms with van der Waals surface area (Å²) >= 11 is 0. The van der Waals surface area contributed by atoms with Gasteiger partial charge in [0.2, 0.25) is 11.7 Å². The van der Waals surface area contributed by atoms with Crippen LogP contribution in [0.1, 0.15) is 32.4 Å². The number of ether oxygens (including phenoxy) is 2. The Bertz CT molecular complexity index is 950. The molecular formula is C21H24FN3O5. The third kappa shape index (κ3) is 4.85. The Kier molecular flexibility index (Phi) is 6.51. The lowest BCUT2D eigenvalue weighted by atomic mass is 9.94. The predicted octanol–water partition coefficient (Wildman–Crippen LogP) is 3.82. The monoisotopic (exact) mass is 417 g/mol. The molecule has 0 saturated carbocycles. The molecule has 160 valence electrons. The van der Waals surface area contributed by atoms with Crippen molar-refractivity contribution in [1.82, 2.24) is 5.32 Å². The Morgan fingerprint density at radius 2 is 1.80 bits per heavy atom. The Morgan fingerprint density at radius 1 is 1.10 bits per heavy atom. The van der Waals surface area contributed by atoms with Crippen LogP contribution in [0.4, 0.5) is 15.8 Å². The molecular weight excluding hydrogens is 393 g/mol. The van der Waals surface area contributed by atoms with Crippen LogP contribution in [0.2, 0.25) is 0 Å². The highest BCUT2D eigenvalue weighted by atomic mass is 19.1. The zero-order valence-corrected chi connectivity index (χ0v) is 17.0. The number of hydrogen-bond donors (Lipinski definition) is 2. The van der Waals surface area contributed by atoms with Crippen LogP contribution in [-0.2, 0) is 4.79 Å². The maximum Gasteiger partial charge on any atom is 0.306 e. The van der Waals surface area contributed by atoms with Crippen LogP contribution < -0.4 is 20.1 Å². The first kappa shape index (κ1) is 21.5. The van der Waals surface area contributed by atoms with E-state index in [4.69, 9.17) is 9.47 Å². The van der Waals surface area contributed by atoms with Gasteiger partial charge in [0.25, 0.3) is 0 Å². The summed E-state index contributed by atoms with van der Waals surface area (Å²) in [6, 6.07) is 8.16. The van der Waals surface area contributed by atoms with Crippen molar-refractivity contribution in [3.63, 3.8) is 0 Å². The van der Waals surface area contributed by atoms with Gasteiger partial charge < -0.3 is 14.8 Å². The quantitative estimate of drug-likeness (QED) is 0.524. The number of carbonyl (C=O) groups is 1. The number of nitro groups is 1. The molecule has 2 atom stereocenters. The molecule has 1 heterocycles. The highest BCUT2D eigenvalue weighted by Gasteiger charge is 2.24. The van der Waals surface area contributed by atoms with Gasteiger partial charge in [-0.15, -0.1) is 0 Å². The van der Waals surface area contributed by atoms with Gasteiger partial charge in [0, 0.05) is 17.8 Å². The minimum atomic E-state index is -0.956. The van der Waals surface area contributed by atoms with E-state index in [2.05, 4.69) is 10.6 Å². The Balaban J connectivity index is 1.72. The van der Waals surface area contributed by atoms with Crippen LogP contribution >= 0.6 is 0 Å². The maximum absolute atomic E-state index is 13.5. The first-order valence-electron chi connectivity index (χ1n) is 9.66. The number of rotatable bonds is 7. The zero-order chi connectivity index (χ0) is 21.8. The van der Waals surface area contributed by atoms with Crippen LogP contribution in [0.15, 0.2) is 36.4 Å². The molecule has 0 spiro atoms. The summed E-state index contributed by atoms with van der Waals surface area (Å²) < 4.78 is 24.7. The summed E-state index contributed by atoms with van der Waals surface area (Å²) in [7, 11) is 0. The van der Waals surface area contributed by atoms with E-state index in [1.165, 1.54) is 6.07 Å². The Hall–Kier alpha value is -3.20. The average molecular weight is 417 g/mol. The van der Waals surface area contributed by atoms with Crippen LogP contribution in [0.25, 0.3) is 0 Å². The number of halogens is 1. The molecule has 2 aromatic rings. The zero-order valence-electron chi connectivity index (χ0n) is 17.0. The van der Waals surface area contributed by atoms with E-state index in [-0.39, 0.29) is 23.6 Å². The third-order valence-corrected chi connectivity index (χ3v) is 4.83. The molecule has 0 unspecified atom stereocenters. The molecule has 8 nitrogen and oxygen atoms in total. The van der Waals surface area contributed by atoms with E-state index in [1.54, 1.807) is 6.92 Å². The molecule has 0 bridgehead atoms. The second kappa shape index (κ2) is 9.08. The van der Waals surface area contributed by atoms with Crippen molar-refractivity contribution in [2.75, 3.05) is 18.5 Å². The number of anilines is 1. The topological polar surface area (TPSA) is 103 Å². The molecule has 0 radical (unpaired) electrons. The summed E-state index contributed by atoms with van der Waals surface area (Å²) in [6.07, 6.45) is 0. The summed E-state index contributed by atoms with van der Waals surface area (Å²) in [4.78, 5) is 22.7. The van der Waals surface area contributed by atoms with Gasteiger partial charge in [-0.05, 0) is 42.7 Å². The summed E-state index contributed by atoms with van der Waals surface area (Å²) in [6.45, 7) is 6.75. The van der Waals surface area contributed by atoms with E-state index in [0.717, 1.165) is 17.7 Å². The van der Waals surface area contributed by atoms with E-state index in [0.29, 0.717) is 24.7 Å². The first-order chi connectivity index (χ1) is 14.3. The van der Waals surface area contributed by atoms with Crippen LogP contribution in [-0.4, -0.2) is 30.1 Å². The van der Waals surface area contributed by atoms with Crippen molar-refractivity contribution < 1.29 is 23.6 Å². The Morgan fingerprint density at radius 3 is 2.47 bits per heavy atom. The number of hydrogen-bond acceptors (Lipinski definition) is 6. The first-order valence-corrected chi connectivity index (χ1v) is 9.66. The molecule has 1 aliphatic heterocycles. The number of benzene rings is 2. The van der Waals surface area contributed by atoms with Gasteiger partial charge in [0.1, 0.15) is 13.2 Å². The fourth-order valence-electron chi connectivity index (χ4n) is 3.25. The van der Waals surface area contributed by atoms with Gasteiger partial charge >= 0.3 is 5.69 Å². The number of nitrogens with zero attached hydrogens (tertiary/aromatic N) is 1. The van der Waals surface area contributed by atoms with Crippen molar-refractivity contribution >= 4 is 17.3 Å². The van der Waals surface area contributed by atoms with Crippen molar-refractivity contribution in [2.45, 2.75) is 32.9 Å². The maximum atomic E-state index is 13.5. The second-order valence-corrected chi connectivity index (χ2v) is 7.43. The van der Waals surface area contributed by atoms with Gasteiger partial charge in [0.05, 0.1) is 11.0 Å². The fraction of sp³-hybridized carbons (Fsp3) is 0.381. The van der Waals surface area contributed by atoms with E-state index in [9.17, 15) is 19.3 Å². The average Bonchev–Trinajstić information content (AvgIpc) is 2.72. The Labute approximate surface area is 173 Å². The lowest BCUT2D eigenvalue weighted by molar-refractivity contribution is -0.387. The largest absolute Gasteiger partial charge is 0.486 e. The molecule has 9 heteroatoms.